The fourth-order valence-corrected chi connectivity index (χ4v) is 3.00. The van der Waals surface area contributed by atoms with Gasteiger partial charge in [-0.15, -0.1) is 0 Å². The predicted octanol–water partition coefficient (Wildman–Crippen LogP) is -0.460. The van der Waals surface area contributed by atoms with Gasteiger partial charge in [-0.05, 0) is 0 Å². The molecule has 1 amide bonds. The zero-order chi connectivity index (χ0) is 24.6. The standard InChI is InChI=1S/C20H27NO11/c1-6-13(26)7-8-14(27)21-15-17(29-10(3)23)19(30-11(4)24)18(16(28)9(2)22)32-20(15)31-12(5)25/h15,17-20H,6-8H2,1-5H3,(H,21,27)/t15?,17-,18?,19+,20-/m1/s1. The maximum atomic E-state index is 12.4. The summed E-state index contributed by atoms with van der Waals surface area (Å²) < 4.78 is 20.8. The molecule has 0 aromatic heterocycles. The highest BCUT2D eigenvalue weighted by molar-refractivity contribution is 6.38. The van der Waals surface area contributed by atoms with Gasteiger partial charge in [-0.2, -0.15) is 0 Å². The number of ether oxygens (including phenoxy) is 4. The SMILES string of the molecule is CCC(=O)CCC(=O)NC1[C@H](OC(C)=O)OC(C(=O)C(C)=O)[C@@H](OC(C)=O)[C@@H]1OC(C)=O. The predicted molar refractivity (Wildman–Crippen MR) is 104 cm³/mol. The van der Waals surface area contributed by atoms with E-state index >= 15 is 0 Å². The summed E-state index contributed by atoms with van der Waals surface area (Å²) >= 11 is 0. The normalized spacial score (nSPS) is 24.6. The molecule has 1 aliphatic heterocycles. The molecule has 32 heavy (non-hydrogen) atoms. The summed E-state index contributed by atoms with van der Waals surface area (Å²) in [5.74, 6) is -5.53. The number of hydrogen-bond donors (Lipinski definition) is 1. The second-order valence-corrected chi connectivity index (χ2v) is 7.09. The molecule has 0 aromatic rings. The van der Waals surface area contributed by atoms with Crippen molar-refractivity contribution in [1.82, 2.24) is 5.32 Å². The molecule has 178 valence electrons. The average Bonchev–Trinajstić information content (AvgIpc) is 2.68. The van der Waals surface area contributed by atoms with E-state index in [4.69, 9.17) is 18.9 Å². The highest BCUT2D eigenvalue weighted by atomic mass is 16.7. The third-order valence-electron chi connectivity index (χ3n) is 4.39. The topological polar surface area (TPSA) is 168 Å². The van der Waals surface area contributed by atoms with Crippen LogP contribution in [-0.2, 0) is 52.5 Å². The van der Waals surface area contributed by atoms with E-state index in [1.165, 1.54) is 0 Å². The summed E-state index contributed by atoms with van der Waals surface area (Å²) in [5.41, 5.74) is 0. The smallest absolute Gasteiger partial charge is 0.305 e. The number of carbonyl (C=O) groups excluding carboxylic acids is 7. The van der Waals surface area contributed by atoms with Crippen LogP contribution in [0.1, 0.15) is 53.9 Å². The first-order valence-electron chi connectivity index (χ1n) is 9.90. The minimum Gasteiger partial charge on any atom is -0.456 e. The fraction of sp³-hybridized carbons (Fsp3) is 0.650. The molecule has 0 spiro atoms. The van der Waals surface area contributed by atoms with Gasteiger partial charge >= 0.3 is 17.9 Å². The van der Waals surface area contributed by atoms with Crippen molar-refractivity contribution in [3.63, 3.8) is 0 Å². The molecular formula is C20H27NO11. The Balaban J connectivity index is 3.38. The quantitative estimate of drug-likeness (QED) is 0.256. The Bertz CT molecular complexity index is 790. The number of hydrogen-bond acceptors (Lipinski definition) is 11. The van der Waals surface area contributed by atoms with Crippen molar-refractivity contribution in [1.29, 1.82) is 0 Å². The minimum absolute atomic E-state index is 0.0643. The number of ketones is 3. The van der Waals surface area contributed by atoms with E-state index in [9.17, 15) is 33.6 Å². The number of carbonyl (C=O) groups is 7. The van der Waals surface area contributed by atoms with Crippen molar-refractivity contribution in [3.05, 3.63) is 0 Å². The van der Waals surface area contributed by atoms with Crippen molar-refractivity contribution in [3.8, 4) is 0 Å². The first-order valence-corrected chi connectivity index (χ1v) is 9.90. The lowest BCUT2D eigenvalue weighted by Gasteiger charge is -2.44. The van der Waals surface area contributed by atoms with Crippen molar-refractivity contribution in [2.45, 2.75) is 84.5 Å². The van der Waals surface area contributed by atoms with E-state index < -0.39 is 66.0 Å². The van der Waals surface area contributed by atoms with Gasteiger partial charge in [0.2, 0.25) is 18.0 Å². The molecular weight excluding hydrogens is 430 g/mol. The Morgan fingerprint density at radius 3 is 1.78 bits per heavy atom. The zero-order valence-electron chi connectivity index (χ0n) is 18.5. The number of Topliss-reactive ketones (excluding diaryl/α,β-unsaturated/α-hetero) is 3. The maximum absolute atomic E-state index is 12.4. The Kier molecular flexibility index (Phi) is 10.1. The van der Waals surface area contributed by atoms with Gasteiger partial charge in [-0.25, -0.2) is 0 Å². The van der Waals surface area contributed by atoms with Gasteiger partial charge in [-0.1, -0.05) is 6.92 Å². The van der Waals surface area contributed by atoms with Crippen LogP contribution in [0.15, 0.2) is 0 Å². The molecule has 1 N–H and O–H groups in total. The molecule has 1 fully saturated rings. The van der Waals surface area contributed by atoms with Crippen LogP contribution in [0.3, 0.4) is 0 Å². The van der Waals surface area contributed by atoms with Gasteiger partial charge in [0.25, 0.3) is 0 Å². The minimum atomic E-state index is -1.76. The molecule has 2 unspecified atom stereocenters. The van der Waals surface area contributed by atoms with Crippen LogP contribution in [0.4, 0.5) is 0 Å². The molecule has 1 rings (SSSR count). The molecule has 0 saturated carbocycles. The summed E-state index contributed by atoms with van der Waals surface area (Å²) in [6, 6.07) is -1.41. The molecule has 0 aromatic carbocycles. The monoisotopic (exact) mass is 457 g/mol. The number of amides is 1. The van der Waals surface area contributed by atoms with Crippen LogP contribution in [0.25, 0.3) is 0 Å². The third-order valence-corrected chi connectivity index (χ3v) is 4.39. The molecule has 0 bridgehead atoms. The molecule has 12 heteroatoms. The second-order valence-electron chi connectivity index (χ2n) is 7.09. The first kappa shape index (κ1) is 26.9. The summed E-state index contributed by atoms with van der Waals surface area (Å²) in [7, 11) is 0. The number of rotatable bonds is 10. The summed E-state index contributed by atoms with van der Waals surface area (Å²) in [5, 5.41) is 2.44. The lowest BCUT2D eigenvalue weighted by atomic mass is 9.92. The zero-order valence-corrected chi connectivity index (χ0v) is 18.5. The van der Waals surface area contributed by atoms with Gasteiger partial charge in [0.1, 0.15) is 11.8 Å². The van der Waals surface area contributed by atoms with E-state index in [0.717, 1.165) is 27.7 Å². The summed E-state index contributed by atoms with van der Waals surface area (Å²) in [6.07, 6.45) is -6.66. The second kappa shape index (κ2) is 12.0. The van der Waals surface area contributed by atoms with Crippen molar-refractivity contribution in [2.24, 2.45) is 0 Å². The van der Waals surface area contributed by atoms with Gasteiger partial charge in [-0.3, -0.25) is 33.6 Å². The maximum Gasteiger partial charge on any atom is 0.305 e. The van der Waals surface area contributed by atoms with E-state index in [2.05, 4.69) is 5.32 Å². The van der Waals surface area contributed by atoms with E-state index in [1.807, 2.05) is 0 Å². The molecule has 1 heterocycles. The van der Waals surface area contributed by atoms with Gasteiger partial charge in [0, 0.05) is 47.0 Å². The van der Waals surface area contributed by atoms with E-state index in [0.29, 0.717) is 0 Å². The van der Waals surface area contributed by atoms with E-state index in [1.54, 1.807) is 6.92 Å². The van der Waals surface area contributed by atoms with Gasteiger partial charge < -0.3 is 24.3 Å². The van der Waals surface area contributed by atoms with Crippen LogP contribution in [0.2, 0.25) is 0 Å². The third kappa shape index (κ3) is 7.84. The van der Waals surface area contributed by atoms with Gasteiger partial charge in [0.05, 0.1) is 0 Å². The lowest BCUT2D eigenvalue weighted by molar-refractivity contribution is -0.259. The highest BCUT2D eigenvalue weighted by Crippen LogP contribution is 2.28. The molecule has 12 nitrogen and oxygen atoms in total. The largest absolute Gasteiger partial charge is 0.456 e. The highest BCUT2D eigenvalue weighted by Gasteiger charge is 2.54. The molecule has 0 radical (unpaired) electrons. The Morgan fingerprint density at radius 2 is 1.31 bits per heavy atom. The van der Waals surface area contributed by atoms with Crippen molar-refractivity contribution in [2.75, 3.05) is 0 Å². The lowest BCUT2D eigenvalue weighted by Crippen LogP contribution is -2.68. The van der Waals surface area contributed by atoms with Crippen molar-refractivity contribution < 1.29 is 52.5 Å². The van der Waals surface area contributed by atoms with Crippen LogP contribution >= 0.6 is 0 Å². The van der Waals surface area contributed by atoms with E-state index in [-0.39, 0.29) is 25.0 Å². The fourth-order valence-electron chi connectivity index (χ4n) is 3.00. The average molecular weight is 457 g/mol. The Morgan fingerprint density at radius 1 is 0.781 bits per heavy atom. The van der Waals surface area contributed by atoms with Crippen LogP contribution in [-0.4, -0.2) is 71.8 Å². The Labute approximate surface area is 184 Å². The first-order chi connectivity index (χ1) is 14.9. The summed E-state index contributed by atoms with van der Waals surface area (Å²) in [6.45, 7) is 5.67. The summed E-state index contributed by atoms with van der Waals surface area (Å²) in [4.78, 5) is 83.0. The van der Waals surface area contributed by atoms with Crippen LogP contribution in [0.5, 0.6) is 0 Å². The molecule has 1 aliphatic rings. The van der Waals surface area contributed by atoms with Crippen LogP contribution in [0, 0.1) is 0 Å². The number of esters is 3. The van der Waals surface area contributed by atoms with Gasteiger partial charge in [0.15, 0.2) is 24.1 Å². The molecule has 5 atom stereocenters. The number of nitrogens with one attached hydrogen (secondary N) is 1. The molecule has 0 aliphatic carbocycles. The van der Waals surface area contributed by atoms with Crippen molar-refractivity contribution >= 4 is 41.2 Å². The Hall–Kier alpha value is -3.15. The van der Waals surface area contributed by atoms with Crippen LogP contribution < -0.4 is 5.32 Å². The molecule has 1 saturated heterocycles.